The molecule has 5 aromatic rings. The lowest BCUT2D eigenvalue weighted by Crippen LogP contribution is -2.37. The summed E-state index contributed by atoms with van der Waals surface area (Å²) in [5.74, 6) is -0.475. The van der Waals surface area contributed by atoms with Gasteiger partial charge in [-0.1, -0.05) is 42.5 Å². The first kappa shape index (κ1) is 21.8. The van der Waals surface area contributed by atoms with Gasteiger partial charge in [0.2, 0.25) is 0 Å². The van der Waals surface area contributed by atoms with E-state index in [1.54, 1.807) is 13.1 Å². The number of phenolic OH excluding ortho intramolecular Hbond substituents is 2. The largest absolute Gasteiger partial charge is 0.504 e. The highest BCUT2D eigenvalue weighted by Crippen LogP contribution is 2.46. The Morgan fingerprint density at radius 1 is 0.861 bits per heavy atom. The fourth-order valence-electron chi connectivity index (χ4n) is 5.28. The lowest BCUT2D eigenvalue weighted by Gasteiger charge is -2.31. The van der Waals surface area contributed by atoms with E-state index < -0.39 is 11.7 Å². The van der Waals surface area contributed by atoms with Gasteiger partial charge in [0.05, 0.1) is 39.7 Å². The smallest absolute Gasteiger partial charge is 0.331 e. The van der Waals surface area contributed by atoms with Crippen LogP contribution in [0.5, 0.6) is 11.5 Å². The highest BCUT2D eigenvalue weighted by Gasteiger charge is 2.35. The number of nitrogens with zero attached hydrogens (tertiary/aromatic N) is 3. The standard InChI is InChI=1S/C28H24N4O4/c1-15-8-4-5-9-17(15)24-22-25(30(2)28(36)31(3)27(22)35)26-23(16-12-13-20(33)21(34)14-16)29-18-10-6-7-11-19(18)32(24)26/h4-14,23,29,33-34H,1-3H3/t23-/m1/s1. The van der Waals surface area contributed by atoms with Crippen molar-refractivity contribution in [1.82, 2.24) is 13.7 Å². The Kier molecular flexibility index (Phi) is 4.63. The predicted octanol–water partition coefficient (Wildman–Crippen LogP) is 3.93. The van der Waals surface area contributed by atoms with Gasteiger partial charge in [0.1, 0.15) is 0 Å². The summed E-state index contributed by atoms with van der Waals surface area (Å²) in [5, 5.41) is 24.2. The zero-order chi connectivity index (χ0) is 25.3. The molecule has 1 aliphatic heterocycles. The van der Waals surface area contributed by atoms with Gasteiger partial charge in [-0.15, -0.1) is 0 Å². The predicted molar refractivity (Wildman–Crippen MR) is 139 cm³/mol. The van der Waals surface area contributed by atoms with Crippen molar-refractivity contribution in [2.24, 2.45) is 14.1 Å². The minimum absolute atomic E-state index is 0.225. The van der Waals surface area contributed by atoms with E-state index in [0.29, 0.717) is 27.9 Å². The number of nitrogens with one attached hydrogen (secondary N) is 1. The maximum atomic E-state index is 13.7. The Labute approximate surface area is 205 Å². The summed E-state index contributed by atoms with van der Waals surface area (Å²) in [5.41, 5.74) is 5.34. The number of benzene rings is 3. The lowest BCUT2D eigenvalue weighted by molar-refractivity contribution is 0.403. The molecule has 0 unspecified atom stereocenters. The van der Waals surface area contributed by atoms with Gasteiger partial charge in [-0.2, -0.15) is 0 Å². The molecule has 6 rings (SSSR count). The summed E-state index contributed by atoms with van der Waals surface area (Å²) in [6.07, 6.45) is 0. The Hall–Kier alpha value is -4.72. The van der Waals surface area contributed by atoms with E-state index in [2.05, 4.69) is 5.32 Å². The number of rotatable bonds is 2. The van der Waals surface area contributed by atoms with Crippen molar-refractivity contribution in [3.63, 3.8) is 0 Å². The van der Waals surface area contributed by atoms with Crippen LogP contribution in [0.25, 0.3) is 27.8 Å². The molecule has 180 valence electrons. The highest BCUT2D eigenvalue weighted by molar-refractivity contribution is 5.99. The molecule has 2 aromatic heterocycles. The summed E-state index contributed by atoms with van der Waals surface area (Å²) >= 11 is 0. The molecule has 0 bridgehead atoms. The molecule has 0 saturated carbocycles. The second kappa shape index (κ2) is 7.64. The number of anilines is 1. The lowest BCUT2D eigenvalue weighted by atomic mass is 9.99. The van der Waals surface area contributed by atoms with Crippen molar-refractivity contribution < 1.29 is 10.2 Å². The first-order valence-corrected chi connectivity index (χ1v) is 11.6. The highest BCUT2D eigenvalue weighted by atomic mass is 16.3. The third-order valence-corrected chi connectivity index (χ3v) is 7.06. The Bertz CT molecular complexity index is 1830. The van der Waals surface area contributed by atoms with E-state index in [4.69, 9.17) is 0 Å². The molecule has 0 radical (unpaired) electrons. The fourth-order valence-corrected chi connectivity index (χ4v) is 5.28. The monoisotopic (exact) mass is 480 g/mol. The molecule has 0 fully saturated rings. The quantitative estimate of drug-likeness (QED) is 0.333. The third-order valence-electron chi connectivity index (χ3n) is 7.06. The van der Waals surface area contributed by atoms with Gasteiger partial charge in [0.25, 0.3) is 5.56 Å². The van der Waals surface area contributed by atoms with Crippen LogP contribution in [0.1, 0.15) is 22.9 Å². The fraction of sp³-hybridized carbons (Fsp3) is 0.143. The molecule has 0 aliphatic carbocycles. The molecule has 8 heteroatoms. The third kappa shape index (κ3) is 2.87. The van der Waals surface area contributed by atoms with Crippen molar-refractivity contribution in [3.05, 3.63) is 104 Å². The van der Waals surface area contributed by atoms with E-state index in [9.17, 15) is 19.8 Å². The van der Waals surface area contributed by atoms with Crippen LogP contribution >= 0.6 is 0 Å². The van der Waals surface area contributed by atoms with E-state index in [-0.39, 0.29) is 17.1 Å². The Balaban J connectivity index is 1.87. The number of phenols is 2. The molecule has 3 heterocycles. The van der Waals surface area contributed by atoms with E-state index in [0.717, 1.165) is 27.1 Å². The number of hydrogen-bond acceptors (Lipinski definition) is 5. The van der Waals surface area contributed by atoms with Gasteiger partial charge < -0.3 is 20.1 Å². The van der Waals surface area contributed by atoms with Gasteiger partial charge in [-0.05, 0) is 42.3 Å². The number of para-hydroxylation sites is 2. The van der Waals surface area contributed by atoms with Gasteiger partial charge >= 0.3 is 5.69 Å². The number of aromatic hydroxyl groups is 2. The van der Waals surface area contributed by atoms with Crippen LogP contribution in [0.4, 0.5) is 5.69 Å². The molecule has 1 atom stereocenters. The summed E-state index contributed by atoms with van der Waals surface area (Å²) in [6.45, 7) is 2.00. The molecule has 0 saturated heterocycles. The van der Waals surface area contributed by atoms with Gasteiger partial charge in [-0.25, -0.2) is 4.79 Å². The van der Waals surface area contributed by atoms with Crippen molar-refractivity contribution in [2.45, 2.75) is 13.0 Å². The van der Waals surface area contributed by atoms with Crippen LogP contribution in [0.2, 0.25) is 0 Å². The van der Waals surface area contributed by atoms with Gasteiger partial charge in [-0.3, -0.25) is 13.9 Å². The van der Waals surface area contributed by atoms with Crippen molar-refractivity contribution >= 4 is 16.6 Å². The summed E-state index contributed by atoms with van der Waals surface area (Å²) in [6, 6.07) is 19.8. The van der Waals surface area contributed by atoms with Gasteiger partial charge in [0, 0.05) is 19.7 Å². The second-order valence-electron chi connectivity index (χ2n) is 9.16. The normalized spacial score (nSPS) is 14.4. The zero-order valence-corrected chi connectivity index (χ0v) is 20.0. The number of aryl methyl sites for hydroxylation is 2. The first-order chi connectivity index (χ1) is 17.3. The molecular formula is C28H24N4O4. The maximum Gasteiger partial charge on any atom is 0.331 e. The molecule has 8 nitrogen and oxygen atoms in total. The van der Waals surface area contributed by atoms with Crippen LogP contribution in [0.3, 0.4) is 0 Å². The number of hydrogen-bond donors (Lipinski definition) is 3. The maximum absolute atomic E-state index is 13.7. The average molecular weight is 481 g/mol. The first-order valence-electron chi connectivity index (χ1n) is 11.6. The summed E-state index contributed by atoms with van der Waals surface area (Å²) in [7, 11) is 3.16. The second-order valence-corrected chi connectivity index (χ2v) is 9.16. The van der Waals surface area contributed by atoms with E-state index in [1.807, 2.05) is 60.0 Å². The van der Waals surface area contributed by atoms with Crippen LogP contribution in [-0.2, 0) is 14.1 Å². The molecule has 1 aliphatic rings. The molecule has 0 spiro atoms. The van der Waals surface area contributed by atoms with Crippen molar-refractivity contribution in [2.75, 3.05) is 5.32 Å². The van der Waals surface area contributed by atoms with Crippen LogP contribution < -0.4 is 16.6 Å². The van der Waals surface area contributed by atoms with E-state index >= 15 is 0 Å². The van der Waals surface area contributed by atoms with Crippen LogP contribution in [-0.4, -0.2) is 23.9 Å². The minimum Gasteiger partial charge on any atom is -0.504 e. The van der Waals surface area contributed by atoms with Crippen LogP contribution in [0, 0.1) is 6.92 Å². The Morgan fingerprint density at radius 3 is 2.33 bits per heavy atom. The Morgan fingerprint density at radius 2 is 1.58 bits per heavy atom. The minimum atomic E-state index is -0.524. The van der Waals surface area contributed by atoms with E-state index in [1.165, 1.54) is 23.7 Å². The zero-order valence-electron chi connectivity index (χ0n) is 20.0. The molecule has 3 N–H and O–H groups in total. The molecule has 0 amide bonds. The van der Waals surface area contributed by atoms with Crippen molar-refractivity contribution in [3.8, 4) is 28.4 Å². The summed E-state index contributed by atoms with van der Waals surface area (Å²) in [4.78, 5) is 26.8. The SMILES string of the molecule is Cc1ccccc1-c1c2c(=O)n(C)c(=O)n(C)c2c2n1-c1ccccc1N[C@@H]2c1ccc(O)c(O)c1. The van der Waals surface area contributed by atoms with Crippen molar-refractivity contribution in [1.29, 1.82) is 0 Å². The summed E-state index contributed by atoms with van der Waals surface area (Å²) < 4.78 is 4.69. The topological polar surface area (TPSA) is 101 Å². The average Bonchev–Trinajstić information content (AvgIpc) is 3.24. The molecule has 3 aromatic carbocycles. The number of aromatic nitrogens is 3. The number of fused-ring (bicyclic) bond motifs is 5. The molecule has 36 heavy (non-hydrogen) atoms. The van der Waals surface area contributed by atoms with Crippen LogP contribution in [0.15, 0.2) is 76.3 Å². The molecular weight excluding hydrogens is 456 g/mol. The van der Waals surface area contributed by atoms with Gasteiger partial charge in [0.15, 0.2) is 11.5 Å².